The fourth-order valence-electron chi connectivity index (χ4n) is 4.50. The summed E-state index contributed by atoms with van der Waals surface area (Å²) in [5.41, 5.74) is 1.78. The number of ether oxygens (including phenoxy) is 3. The standard InChI is InChI=1S/C30H27F3N2O3.2ClH/c31-30(32,33)38-26-14-11-22(12-15-26)29(35-19-17-34-18-20-35)23-13-16-27(36-24-7-3-1-4-8-24)28(21-23)37-25-9-5-2-6-10-25;;/h1-16,21,29,34H,17-20H2;2*1H/t29-;;/m0../s1. The third-order valence-corrected chi connectivity index (χ3v) is 6.17. The van der Waals surface area contributed by atoms with Gasteiger partial charge in [0.2, 0.25) is 0 Å². The normalized spacial score (nSPS) is 14.3. The second kappa shape index (κ2) is 14.3. The average molecular weight is 593 g/mol. The van der Waals surface area contributed by atoms with Crippen LogP contribution in [0.2, 0.25) is 0 Å². The quantitative estimate of drug-likeness (QED) is 0.224. The molecule has 40 heavy (non-hydrogen) atoms. The second-order valence-electron chi connectivity index (χ2n) is 8.84. The SMILES string of the molecule is Cl.Cl.FC(F)(F)Oc1ccc([C@@H](c2ccc(Oc3ccccc3)c(Oc3ccccc3)c2)N2CCNCC2)cc1. The average Bonchev–Trinajstić information content (AvgIpc) is 2.92. The van der Waals surface area contributed by atoms with Crippen molar-refractivity contribution in [1.29, 1.82) is 0 Å². The van der Waals surface area contributed by atoms with Crippen molar-refractivity contribution >= 4 is 24.8 Å². The monoisotopic (exact) mass is 592 g/mol. The Morgan fingerprint density at radius 2 is 1.15 bits per heavy atom. The van der Waals surface area contributed by atoms with Gasteiger partial charge in [0.15, 0.2) is 11.5 Å². The highest BCUT2D eigenvalue weighted by Gasteiger charge is 2.31. The molecule has 0 saturated carbocycles. The number of nitrogens with one attached hydrogen (secondary N) is 1. The minimum absolute atomic E-state index is 0. The molecule has 4 aromatic rings. The van der Waals surface area contributed by atoms with Gasteiger partial charge in [-0.05, 0) is 59.7 Å². The molecule has 10 heteroatoms. The van der Waals surface area contributed by atoms with Crippen molar-refractivity contribution in [2.24, 2.45) is 0 Å². The van der Waals surface area contributed by atoms with Gasteiger partial charge in [0.25, 0.3) is 0 Å². The van der Waals surface area contributed by atoms with Crippen LogP contribution >= 0.6 is 24.8 Å². The lowest BCUT2D eigenvalue weighted by atomic mass is 9.96. The molecule has 1 heterocycles. The van der Waals surface area contributed by atoms with E-state index in [9.17, 15) is 13.2 Å². The molecule has 0 unspecified atom stereocenters. The molecule has 1 saturated heterocycles. The Hall–Kier alpha value is -3.43. The molecule has 212 valence electrons. The number of benzene rings is 4. The predicted molar refractivity (Wildman–Crippen MR) is 153 cm³/mol. The van der Waals surface area contributed by atoms with E-state index in [1.807, 2.05) is 78.9 Å². The molecular weight excluding hydrogens is 564 g/mol. The van der Waals surface area contributed by atoms with Crippen molar-refractivity contribution < 1.29 is 27.4 Å². The highest BCUT2D eigenvalue weighted by atomic mass is 35.5. The summed E-state index contributed by atoms with van der Waals surface area (Å²) in [5, 5.41) is 3.36. The summed E-state index contributed by atoms with van der Waals surface area (Å²) in [4.78, 5) is 2.30. The van der Waals surface area contributed by atoms with E-state index in [0.717, 1.165) is 37.3 Å². The third-order valence-electron chi connectivity index (χ3n) is 6.17. The second-order valence-corrected chi connectivity index (χ2v) is 8.84. The van der Waals surface area contributed by atoms with E-state index < -0.39 is 6.36 Å². The molecule has 0 bridgehead atoms. The summed E-state index contributed by atoms with van der Waals surface area (Å²) in [6.45, 7) is 3.19. The summed E-state index contributed by atoms with van der Waals surface area (Å²) in [6, 6.07) is 30.5. The third kappa shape index (κ3) is 8.29. The first-order valence-corrected chi connectivity index (χ1v) is 12.3. The zero-order valence-electron chi connectivity index (χ0n) is 21.3. The highest BCUT2D eigenvalue weighted by Crippen LogP contribution is 2.40. The number of para-hydroxylation sites is 2. The van der Waals surface area contributed by atoms with Crippen LogP contribution in [0.4, 0.5) is 13.2 Å². The maximum atomic E-state index is 12.7. The molecular formula is C30H29Cl2F3N2O3. The molecule has 0 aromatic heterocycles. The maximum absolute atomic E-state index is 12.7. The van der Waals surface area contributed by atoms with E-state index in [1.54, 1.807) is 12.1 Å². The van der Waals surface area contributed by atoms with E-state index >= 15 is 0 Å². The molecule has 1 aliphatic rings. The fourth-order valence-corrected chi connectivity index (χ4v) is 4.50. The van der Waals surface area contributed by atoms with E-state index in [1.165, 1.54) is 12.1 Å². The van der Waals surface area contributed by atoms with Crippen LogP contribution in [-0.4, -0.2) is 37.4 Å². The van der Waals surface area contributed by atoms with Gasteiger partial charge in [-0.1, -0.05) is 54.6 Å². The summed E-state index contributed by atoms with van der Waals surface area (Å²) < 4.78 is 54.6. The van der Waals surface area contributed by atoms with Crippen LogP contribution in [0.15, 0.2) is 103 Å². The zero-order valence-corrected chi connectivity index (χ0v) is 23.0. The van der Waals surface area contributed by atoms with Crippen LogP contribution in [0.5, 0.6) is 28.7 Å². The topological polar surface area (TPSA) is 43.0 Å². The zero-order chi connectivity index (χ0) is 26.4. The lowest BCUT2D eigenvalue weighted by Gasteiger charge is -2.36. The largest absolute Gasteiger partial charge is 0.573 e. The molecule has 1 fully saturated rings. The minimum atomic E-state index is -4.74. The first-order chi connectivity index (χ1) is 18.4. The van der Waals surface area contributed by atoms with Gasteiger partial charge in [0.05, 0.1) is 6.04 Å². The molecule has 4 aromatic carbocycles. The van der Waals surface area contributed by atoms with Gasteiger partial charge in [-0.15, -0.1) is 38.0 Å². The number of halogens is 5. The predicted octanol–water partition coefficient (Wildman–Crippen LogP) is 8.01. The first-order valence-electron chi connectivity index (χ1n) is 12.3. The van der Waals surface area contributed by atoms with Crippen LogP contribution in [0.1, 0.15) is 17.2 Å². The number of piperazine rings is 1. The summed E-state index contributed by atoms with van der Waals surface area (Å²) in [6.07, 6.45) is -4.74. The Bertz CT molecular complexity index is 1320. The van der Waals surface area contributed by atoms with Gasteiger partial charge in [-0.25, -0.2) is 0 Å². The Labute approximate surface area is 243 Å². The van der Waals surface area contributed by atoms with E-state index in [0.29, 0.717) is 23.0 Å². The lowest BCUT2D eigenvalue weighted by molar-refractivity contribution is -0.274. The molecule has 5 nitrogen and oxygen atoms in total. The van der Waals surface area contributed by atoms with Crippen molar-refractivity contribution in [3.8, 4) is 28.7 Å². The van der Waals surface area contributed by atoms with Crippen molar-refractivity contribution in [3.63, 3.8) is 0 Å². The summed E-state index contributed by atoms with van der Waals surface area (Å²) in [7, 11) is 0. The van der Waals surface area contributed by atoms with Crippen LogP contribution in [0.3, 0.4) is 0 Å². The fraction of sp³-hybridized carbons (Fsp3) is 0.200. The van der Waals surface area contributed by atoms with Crippen molar-refractivity contribution in [1.82, 2.24) is 10.2 Å². The Morgan fingerprint density at radius 3 is 1.70 bits per heavy atom. The van der Waals surface area contributed by atoms with E-state index in [2.05, 4.69) is 15.0 Å². The van der Waals surface area contributed by atoms with Gasteiger partial charge in [-0.2, -0.15) is 0 Å². The molecule has 5 rings (SSSR count). The first kappa shape index (κ1) is 31.1. The maximum Gasteiger partial charge on any atom is 0.573 e. The molecule has 0 amide bonds. The smallest absolute Gasteiger partial charge is 0.453 e. The Balaban J connectivity index is 0.00000220. The number of nitrogens with zero attached hydrogens (tertiary/aromatic N) is 1. The van der Waals surface area contributed by atoms with Crippen LogP contribution < -0.4 is 19.5 Å². The molecule has 1 aliphatic heterocycles. The van der Waals surface area contributed by atoms with Crippen LogP contribution in [-0.2, 0) is 0 Å². The number of rotatable bonds is 8. The van der Waals surface area contributed by atoms with Crippen LogP contribution in [0, 0.1) is 0 Å². The minimum Gasteiger partial charge on any atom is -0.453 e. The Morgan fingerprint density at radius 1 is 0.625 bits per heavy atom. The highest BCUT2D eigenvalue weighted by molar-refractivity contribution is 5.85. The van der Waals surface area contributed by atoms with Gasteiger partial charge < -0.3 is 19.5 Å². The molecule has 0 radical (unpaired) electrons. The summed E-state index contributed by atoms with van der Waals surface area (Å²) in [5.74, 6) is 2.18. The number of alkyl halides is 3. The number of hydrogen-bond acceptors (Lipinski definition) is 5. The molecule has 0 spiro atoms. The Kier molecular flexibility index (Phi) is 11.1. The van der Waals surface area contributed by atoms with Crippen molar-refractivity contribution in [3.05, 3.63) is 114 Å². The lowest BCUT2D eigenvalue weighted by Crippen LogP contribution is -2.45. The van der Waals surface area contributed by atoms with E-state index in [4.69, 9.17) is 9.47 Å². The van der Waals surface area contributed by atoms with Gasteiger partial charge >= 0.3 is 6.36 Å². The van der Waals surface area contributed by atoms with Crippen molar-refractivity contribution in [2.75, 3.05) is 26.2 Å². The van der Waals surface area contributed by atoms with Gasteiger partial charge in [0.1, 0.15) is 17.2 Å². The van der Waals surface area contributed by atoms with Crippen molar-refractivity contribution in [2.45, 2.75) is 12.4 Å². The summed E-state index contributed by atoms with van der Waals surface area (Å²) >= 11 is 0. The molecule has 0 aliphatic carbocycles. The molecule has 1 atom stereocenters. The number of hydrogen-bond donors (Lipinski definition) is 1. The van der Waals surface area contributed by atoms with E-state index in [-0.39, 0.29) is 36.6 Å². The molecule has 1 N–H and O–H groups in total. The van der Waals surface area contributed by atoms with Gasteiger partial charge in [0, 0.05) is 26.2 Å². The van der Waals surface area contributed by atoms with Gasteiger partial charge in [-0.3, -0.25) is 4.90 Å². The van der Waals surface area contributed by atoms with Crippen LogP contribution in [0.25, 0.3) is 0 Å².